The van der Waals surface area contributed by atoms with Crippen molar-refractivity contribution in [2.24, 2.45) is 0 Å². The highest BCUT2D eigenvalue weighted by Crippen LogP contribution is 2.35. The summed E-state index contributed by atoms with van der Waals surface area (Å²) < 4.78 is 25.8. The summed E-state index contributed by atoms with van der Waals surface area (Å²) in [5.41, 5.74) is 2.50. The smallest absolute Gasteiger partial charge is 0.357 e. The number of halogens is 2. The van der Waals surface area contributed by atoms with E-state index in [2.05, 4.69) is 21.9 Å². The first-order valence-electron chi connectivity index (χ1n) is 10.4. The molecule has 0 spiro atoms. The summed E-state index contributed by atoms with van der Waals surface area (Å²) in [5, 5.41) is 3.45. The van der Waals surface area contributed by atoms with Gasteiger partial charge in [0, 0.05) is 31.8 Å². The van der Waals surface area contributed by atoms with Gasteiger partial charge in [0.1, 0.15) is 11.6 Å². The van der Waals surface area contributed by atoms with E-state index in [-0.39, 0.29) is 27.8 Å². The van der Waals surface area contributed by atoms with Gasteiger partial charge in [-0.05, 0) is 30.7 Å². The lowest BCUT2D eigenvalue weighted by Gasteiger charge is -2.18. The Labute approximate surface area is 203 Å². The molecule has 2 aromatic carbocycles. The van der Waals surface area contributed by atoms with Crippen molar-refractivity contribution in [2.75, 3.05) is 38.5 Å². The van der Waals surface area contributed by atoms with E-state index in [9.17, 15) is 4.79 Å². The maximum atomic E-state index is 15.4. The molecule has 9 heteroatoms. The highest BCUT2D eigenvalue weighted by atomic mass is 35.5. The minimum absolute atomic E-state index is 0.00152. The van der Waals surface area contributed by atoms with Gasteiger partial charge >= 0.3 is 5.97 Å². The van der Waals surface area contributed by atoms with Gasteiger partial charge in [-0.25, -0.2) is 19.2 Å². The van der Waals surface area contributed by atoms with E-state index < -0.39 is 11.8 Å². The molecule has 0 aliphatic rings. The lowest BCUT2D eigenvalue weighted by Crippen LogP contribution is -2.15. The molecular formula is C25H26ClFN4O3. The van der Waals surface area contributed by atoms with Crippen LogP contribution in [0.3, 0.4) is 0 Å². The molecule has 0 aliphatic carbocycles. The van der Waals surface area contributed by atoms with Gasteiger partial charge in [-0.2, -0.15) is 0 Å². The Kier molecular flexibility index (Phi) is 7.73. The Bertz CT molecular complexity index is 1250. The molecule has 7 nitrogen and oxygen atoms in total. The summed E-state index contributed by atoms with van der Waals surface area (Å²) in [6.45, 7) is 6.08. The predicted molar refractivity (Wildman–Crippen MR) is 133 cm³/mol. The Morgan fingerprint density at radius 3 is 2.59 bits per heavy atom. The fraction of sp³-hybridized carbons (Fsp3) is 0.240. The molecule has 0 amide bonds. The predicted octanol–water partition coefficient (Wildman–Crippen LogP) is 5.36. The number of benzene rings is 2. The topological polar surface area (TPSA) is 76.6 Å². The van der Waals surface area contributed by atoms with Crippen LogP contribution in [0.25, 0.3) is 17.5 Å². The minimum Gasteiger partial charge on any atom is -0.496 e. The normalized spacial score (nSPS) is 10.6. The van der Waals surface area contributed by atoms with E-state index >= 15 is 4.39 Å². The Balaban J connectivity index is 2.15. The Morgan fingerprint density at radius 2 is 1.97 bits per heavy atom. The molecule has 178 valence electrons. The van der Waals surface area contributed by atoms with Crippen LogP contribution in [0.2, 0.25) is 5.02 Å². The molecule has 0 aliphatic heterocycles. The number of nitrogens with zero attached hydrogens (tertiary/aromatic N) is 3. The maximum absolute atomic E-state index is 15.4. The van der Waals surface area contributed by atoms with Gasteiger partial charge in [0.2, 0.25) is 0 Å². The van der Waals surface area contributed by atoms with Crippen molar-refractivity contribution in [3.63, 3.8) is 0 Å². The Morgan fingerprint density at radius 1 is 1.24 bits per heavy atom. The number of methoxy groups -OCH3 is 2. The highest BCUT2D eigenvalue weighted by Gasteiger charge is 2.23. The summed E-state index contributed by atoms with van der Waals surface area (Å²) in [7, 11) is 6.20. The summed E-state index contributed by atoms with van der Waals surface area (Å²) in [6.07, 6.45) is 1.45. The molecule has 0 unspecified atom stereocenters. The average Bonchev–Trinajstić information content (AvgIpc) is 2.81. The molecule has 0 saturated heterocycles. The largest absolute Gasteiger partial charge is 0.496 e. The van der Waals surface area contributed by atoms with Gasteiger partial charge in [-0.1, -0.05) is 36.4 Å². The molecule has 3 rings (SSSR count). The van der Waals surface area contributed by atoms with Crippen molar-refractivity contribution in [3.8, 4) is 17.1 Å². The van der Waals surface area contributed by atoms with Crippen molar-refractivity contribution >= 4 is 35.2 Å². The molecule has 0 radical (unpaired) electrons. The van der Waals surface area contributed by atoms with Crippen molar-refractivity contribution in [2.45, 2.75) is 13.5 Å². The van der Waals surface area contributed by atoms with Crippen molar-refractivity contribution < 1.29 is 18.7 Å². The van der Waals surface area contributed by atoms with Crippen LogP contribution in [-0.4, -0.2) is 44.3 Å². The number of rotatable bonds is 8. The van der Waals surface area contributed by atoms with Gasteiger partial charge in [-0.3, -0.25) is 0 Å². The lowest BCUT2D eigenvalue weighted by atomic mass is 10.1. The third kappa shape index (κ3) is 4.97. The second-order valence-corrected chi connectivity index (χ2v) is 8.08. The van der Waals surface area contributed by atoms with E-state index in [1.54, 1.807) is 32.2 Å². The van der Waals surface area contributed by atoms with Crippen molar-refractivity contribution in [1.29, 1.82) is 0 Å². The summed E-state index contributed by atoms with van der Waals surface area (Å²) in [4.78, 5) is 22.9. The number of hydrogen-bond donors (Lipinski definition) is 1. The van der Waals surface area contributed by atoms with Crippen LogP contribution in [0.1, 0.15) is 27.2 Å². The second kappa shape index (κ2) is 10.5. The number of carbonyl (C=O) groups is 1. The fourth-order valence-electron chi connectivity index (χ4n) is 3.47. The van der Waals surface area contributed by atoms with Crippen LogP contribution >= 0.6 is 11.6 Å². The zero-order chi connectivity index (χ0) is 25.0. The van der Waals surface area contributed by atoms with Gasteiger partial charge < -0.3 is 19.7 Å². The molecule has 0 fully saturated rings. The zero-order valence-corrected chi connectivity index (χ0v) is 20.5. The molecule has 1 heterocycles. The summed E-state index contributed by atoms with van der Waals surface area (Å²) >= 11 is 6.19. The molecule has 1 aromatic heterocycles. The van der Waals surface area contributed by atoms with Gasteiger partial charge in [0.25, 0.3) is 0 Å². The van der Waals surface area contributed by atoms with E-state index in [4.69, 9.17) is 21.1 Å². The number of aryl methyl sites for hydroxylation is 1. The quantitative estimate of drug-likeness (QED) is 0.431. The first-order chi connectivity index (χ1) is 16.2. The SMILES string of the molecule is C=Cc1c(NCc2ccc(C)cc2OC)nc(-c2ccc(Cl)c(N(C)C)c2F)nc1C(=O)OC. The van der Waals surface area contributed by atoms with Crippen LogP contribution in [-0.2, 0) is 11.3 Å². The number of esters is 1. The van der Waals surface area contributed by atoms with Crippen LogP contribution in [0.15, 0.2) is 36.9 Å². The molecule has 3 aromatic rings. The first-order valence-corrected chi connectivity index (χ1v) is 10.8. The summed E-state index contributed by atoms with van der Waals surface area (Å²) in [5.74, 6) is -0.303. The van der Waals surface area contributed by atoms with E-state index in [0.29, 0.717) is 23.7 Å². The third-order valence-corrected chi connectivity index (χ3v) is 5.48. The Hall–Kier alpha value is -3.65. The zero-order valence-electron chi connectivity index (χ0n) is 19.7. The molecule has 0 saturated carbocycles. The van der Waals surface area contributed by atoms with E-state index in [1.807, 2.05) is 25.1 Å². The van der Waals surface area contributed by atoms with E-state index in [1.165, 1.54) is 19.3 Å². The molecule has 1 N–H and O–H groups in total. The minimum atomic E-state index is -0.697. The third-order valence-electron chi connectivity index (χ3n) is 5.17. The van der Waals surface area contributed by atoms with Crippen molar-refractivity contribution in [1.82, 2.24) is 9.97 Å². The van der Waals surface area contributed by atoms with Crippen LogP contribution in [0.5, 0.6) is 5.75 Å². The summed E-state index contributed by atoms with van der Waals surface area (Å²) in [6, 6.07) is 8.84. The fourth-order valence-corrected chi connectivity index (χ4v) is 3.79. The number of ether oxygens (including phenoxy) is 2. The number of anilines is 2. The highest BCUT2D eigenvalue weighted by molar-refractivity contribution is 6.33. The van der Waals surface area contributed by atoms with Crippen LogP contribution in [0, 0.1) is 12.7 Å². The molecule has 0 atom stereocenters. The van der Waals surface area contributed by atoms with Gasteiger partial charge in [-0.15, -0.1) is 0 Å². The molecule has 0 bridgehead atoms. The number of aromatic nitrogens is 2. The maximum Gasteiger partial charge on any atom is 0.357 e. The number of carbonyl (C=O) groups excluding carboxylic acids is 1. The first kappa shape index (κ1) is 25.0. The van der Waals surface area contributed by atoms with Crippen LogP contribution < -0.4 is 15.0 Å². The lowest BCUT2D eigenvalue weighted by molar-refractivity contribution is 0.0593. The molecule has 34 heavy (non-hydrogen) atoms. The van der Waals surface area contributed by atoms with Crippen molar-refractivity contribution in [3.05, 3.63) is 70.1 Å². The standard InChI is InChI=1S/C25H26ClFN4O3/c1-7-16-21(25(32)34-6)29-24(17-10-11-18(26)22(20(17)27)31(3)4)30-23(16)28-13-15-9-8-14(2)12-19(15)33-5/h7-12H,1,13H2,2-6H3,(H,28,29,30). The van der Waals surface area contributed by atoms with Gasteiger partial charge in [0.15, 0.2) is 17.3 Å². The number of hydrogen-bond acceptors (Lipinski definition) is 7. The average molecular weight is 485 g/mol. The van der Waals surface area contributed by atoms with E-state index in [0.717, 1.165) is 11.1 Å². The molecular weight excluding hydrogens is 459 g/mol. The van der Waals surface area contributed by atoms with Gasteiger partial charge in [0.05, 0.1) is 30.5 Å². The monoisotopic (exact) mass is 484 g/mol. The number of nitrogens with one attached hydrogen (secondary N) is 1. The second-order valence-electron chi connectivity index (χ2n) is 7.67. The van der Waals surface area contributed by atoms with Crippen LogP contribution in [0.4, 0.5) is 15.9 Å².